The summed E-state index contributed by atoms with van der Waals surface area (Å²) in [5.74, 6) is 1.89. The van der Waals surface area contributed by atoms with Crippen molar-refractivity contribution in [2.75, 3.05) is 26.7 Å². The van der Waals surface area contributed by atoms with Crippen LogP contribution < -0.4 is 10.6 Å². The lowest BCUT2D eigenvalue weighted by molar-refractivity contribution is 0.0792. The molecule has 5 nitrogen and oxygen atoms in total. The second-order valence-electron chi connectivity index (χ2n) is 8.82. The van der Waals surface area contributed by atoms with E-state index in [1.165, 1.54) is 56.1 Å². The molecule has 3 rings (SSSR count). The number of nitrogens with zero attached hydrogens (tertiary/aromatic N) is 2. The summed E-state index contributed by atoms with van der Waals surface area (Å²) >= 11 is 0. The number of aliphatic imine (C=N–C) groups is 1. The quantitative estimate of drug-likeness (QED) is 0.194. The molecule has 6 heteroatoms. The van der Waals surface area contributed by atoms with Gasteiger partial charge in [0.2, 0.25) is 0 Å². The van der Waals surface area contributed by atoms with Gasteiger partial charge in [0.25, 0.3) is 0 Å². The summed E-state index contributed by atoms with van der Waals surface area (Å²) in [6.07, 6.45) is 11.4. The van der Waals surface area contributed by atoms with Gasteiger partial charge in [-0.2, -0.15) is 0 Å². The molecule has 0 atom stereocenters. The molecule has 3 N–H and O–H groups in total. The van der Waals surface area contributed by atoms with Crippen LogP contribution in [0.15, 0.2) is 29.3 Å². The predicted octanol–water partition coefficient (Wildman–Crippen LogP) is 4.29. The van der Waals surface area contributed by atoms with Crippen LogP contribution in [-0.2, 0) is 13.1 Å². The summed E-state index contributed by atoms with van der Waals surface area (Å²) in [5, 5.41) is 16.5. The molecule has 1 aromatic carbocycles. The smallest absolute Gasteiger partial charge is 0.191 e. The van der Waals surface area contributed by atoms with Gasteiger partial charge in [-0.1, -0.05) is 62.8 Å². The lowest BCUT2D eigenvalue weighted by Crippen LogP contribution is -2.37. The first-order valence-corrected chi connectivity index (χ1v) is 11.7. The number of unbranched alkanes of at least 4 members (excludes halogenated alkanes) is 1. The van der Waals surface area contributed by atoms with Crippen molar-refractivity contribution in [3.05, 3.63) is 35.4 Å². The molecule has 1 aliphatic carbocycles. The van der Waals surface area contributed by atoms with Crippen LogP contribution in [-0.4, -0.2) is 48.8 Å². The zero-order chi connectivity index (χ0) is 20.3. The van der Waals surface area contributed by atoms with E-state index in [2.05, 4.69) is 44.8 Å². The van der Waals surface area contributed by atoms with Crippen molar-refractivity contribution in [3.63, 3.8) is 0 Å². The lowest BCUT2D eigenvalue weighted by atomic mass is 10.0. The van der Waals surface area contributed by atoms with Gasteiger partial charge in [-0.25, -0.2) is 0 Å². The molecule has 0 amide bonds. The Morgan fingerprint density at radius 2 is 1.67 bits per heavy atom. The third kappa shape index (κ3) is 9.10. The van der Waals surface area contributed by atoms with Crippen LogP contribution in [0.25, 0.3) is 0 Å². The van der Waals surface area contributed by atoms with Crippen LogP contribution >= 0.6 is 24.0 Å². The van der Waals surface area contributed by atoms with E-state index in [1.807, 2.05) is 7.05 Å². The maximum Gasteiger partial charge on any atom is 0.191 e. The molecule has 1 saturated carbocycles. The first-order valence-electron chi connectivity index (χ1n) is 11.7. The second kappa shape index (κ2) is 14.2. The van der Waals surface area contributed by atoms with Crippen molar-refractivity contribution in [2.45, 2.75) is 77.0 Å². The van der Waals surface area contributed by atoms with Gasteiger partial charge in [-0.05, 0) is 36.3 Å². The highest BCUT2D eigenvalue weighted by Gasteiger charge is 2.17. The van der Waals surface area contributed by atoms with E-state index in [4.69, 9.17) is 0 Å². The third-order valence-corrected chi connectivity index (χ3v) is 6.48. The third-order valence-electron chi connectivity index (χ3n) is 6.48. The Bertz CT molecular complexity index is 608. The number of hydrogen-bond donors (Lipinski definition) is 3. The molecular formula is C24H41IN4O. The van der Waals surface area contributed by atoms with Gasteiger partial charge in [0.1, 0.15) is 0 Å². The molecule has 30 heavy (non-hydrogen) atoms. The van der Waals surface area contributed by atoms with Crippen molar-refractivity contribution in [3.8, 4) is 0 Å². The molecule has 2 aliphatic rings. The Morgan fingerprint density at radius 1 is 1.00 bits per heavy atom. The number of aliphatic hydroxyl groups excluding tert-OH is 1. The lowest BCUT2D eigenvalue weighted by Gasteiger charge is -2.29. The number of halogens is 1. The van der Waals surface area contributed by atoms with E-state index < -0.39 is 0 Å². The normalized spacial score (nSPS) is 18.9. The van der Waals surface area contributed by atoms with Gasteiger partial charge in [0.05, 0.1) is 6.10 Å². The monoisotopic (exact) mass is 528 g/mol. The average Bonchev–Trinajstić information content (AvgIpc) is 3.26. The largest absolute Gasteiger partial charge is 0.393 e. The van der Waals surface area contributed by atoms with Gasteiger partial charge < -0.3 is 15.7 Å². The van der Waals surface area contributed by atoms with Crippen LogP contribution in [0.1, 0.15) is 68.9 Å². The van der Waals surface area contributed by atoms with Gasteiger partial charge in [-0.3, -0.25) is 9.89 Å². The summed E-state index contributed by atoms with van der Waals surface area (Å²) in [4.78, 5) is 6.78. The molecule has 1 saturated heterocycles. The SMILES string of the molecule is CN=C(NCCCCC1CCCC1)NCc1ccc(CN2CCC(O)CC2)cc1.I. The van der Waals surface area contributed by atoms with Crippen LogP contribution in [0.4, 0.5) is 0 Å². The van der Waals surface area contributed by atoms with Crippen LogP contribution in [0, 0.1) is 5.92 Å². The van der Waals surface area contributed by atoms with E-state index in [0.717, 1.165) is 57.4 Å². The number of aliphatic hydroxyl groups is 1. The first-order chi connectivity index (χ1) is 14.2. The van der Waals surface area contributed by atoms with Crippen LogP contribution in [0.3, 0.4) is 0 Å². The molecule has 170 valence electrons. The molecule has 0 spiro atoms. The molecular weight excluding hydrogens is 487 g/mol. The van der Waals surface area contributed by atoms with E-state index in [0.29, 0.717) is 0 Å². The molecule has 1 aromatic rings. The fraction of sp³-hybridized carbons (Fsp3) is 0.708. The minimum atomic E-state index is -0.102. The minimum Gasteiger partial charge on any atom is -0.393 e. The zero-order valence-corrected chi connectivity index (χ0v) is 20.9. The summed E-state index contributed by atoms with van der Waals surface area (Å²) < 4.78 is 0. The van der Waals surface area contributed by atoms with Crippen LogP contribution in [0.5, 0.6) is 0 Å². The fourth-order valence-corrected chi connectivity index (χ4v) is 4.57. The zero-order valence-electron chi connectivity index (χ0n) is 18.6. The van der Waals surface area contributed by atoms with Crippen molar-refractivity contribution in [2.24, 2.45) is 10.9 Å². The van der Waals surface area contributed by atoms with Gasteiger partial charge in [0, 0.05) is 39.8 Å². The van der Waals surface area contributed by atoms with Crippen molar-refractivity contribution >= 4 is 29.9 Å². The number of piperidine rings is 1. The maximum atomic E-state index is 9.63. The highest BCUT2D eigenvalue weighted by atomic mass is 127. The van der Waals surface area contributed by atoms with Gasteiger partial charge in [-0.15, -0.1) is 24.0 Å². The Balaban J connectivity index is 0.00000320. The Kier molecular flexibility index (Phi) is 12.1. The topological polar surface area (TPSA) is 59.9 Å². The number of nitrogens with one attached hydrogen (secondary N) is 2. The maximum absolute atomic E-state index is 9.63. The molecule has 0 radical (unpaired) electrons. The van der Waals surface area contributed by atoms with Crippen molar-refractivity contribution < 1.29 is 5.11 Å². The number of benzene rings is 1. The van der Waals surface area contributed by atoms with E-state index in [1.54, 1.807) is 0 Å². The first kappa shape index (κ1) is 25.4. The van der Waals surface area contributed by atoms with Crippen molar-refractivity contribution in [1.29, 1.82) is 0 Å². The Hall–Kier alpha value is -0.860. The number of rotatable bonds is 9. The van der Waals surface area contributed by atoms with E-state index >= 15 is 0 Å². The van der Waals surface area contributed by atoms with Crippen molar-refractivity contribution in [1.82, 2.24) is 15.5 Å². The molecule has 1 heterocycles. The highest BCUT2D eigenvalue weighted by Crippen LogP contribution is 2.28. The molecule has 2 fully saturated rings. The molecule has 1 aliphatic heterocycles. The average molecular weight is 529 g/mol. The number of likely N-dealkylation sites (tertiary alicyclic amines) is 1. The predicted molar refractivity (Wildman–Crippen MR) is 136 cm³/mol. The summed E-state index contributed by atoms with van der Waals surface area (Å²) in [6, 6.07) is 8.86. The molecule has 0 aromatic heterocycles. The summed E-state index contributed by atoms with van der Waals surface area (Å²) in [7, 11) is 1.84. The minimum absolute atomic E-state index is 0. The molecule has 0 unspecified atom stereocenters. The van der Waals surface area contributed by atoms with E-state index in [9.17, 15) is 5.11 Å². The number of guanidine groups is 1. The standard InChI is InChI=1S/C24H40N4O.HI/c1-25-24(26-15-5-4-8-20-6-2-3-7-20)27-18-21-9-11-22(12-10-21)19-28-16-13-23(29)14-17-28;/h9-12,20,23,29H,2-8,13-19H2,1H3,(H2,25,26,27);1H. The van der Waals surface area contributed by atoms with Gasteiger partial charge in [0.15, 0.2) is 5.96 Å². The fourth-order valence-electron chi connectivity index (χ4n) is 4.57. The summed E-state index contributed by atoms with van der Waals surface area (Å²) in [6.45, 7) is 4.75. The Morgan fingerprint density at radius 3 is 2.33 bits per heavy atom. The molecule has 0 bridgehead atoms. The van der Waals surface area contributed by atoms with Crippen LogP contribution in [0.2, 0.25) is 0 Å². The Labute approximate surface area is 200 Å². The van der Waals surface area contributed by atoms with E-state index in [-0.39, 0.29) is 30.1 Å². The number of hydrogen-bond acceptors (Lipinski definition) is 3. The highest BCUT2D eigenvalue weighted by molar-refractivity contribution is 14.0. The summed E-state index contributed by atoms with van der Waals surface area (Å²) in [5.41, 5.74) is 2.61. The second-order valence-corrected chi connectivity index (χ2v) is 8.82. The van der Waals surface area contributed by atoms with Gasteiger partial charge >= 0.3 is 0 Å².